The van der Waals surface area contributed by atoms with Crippen molar-refractivity contribution in [3.8, 4) is 0 Å². The van der Waals surface area contributed by atoms with Gasteiger partial charge in [-0.1, -0.05) is 46.0 Å². The molecule has 0 nitrogen and oxygen atoms in total. The molecular formula is C27H46S. The topological polar surface area (TPSA) is 0 Å². The molecule has 0 heterocycles. The van der Waals surface area contributed by atoms with Gasteiger partial charge in [0.25, 0.3) is 0 Å². The minimum absolute atomic E-state index is 0.666. The first-order valence-corrected chi connectivity index (χ1v) is 13.8. The number of hydrogen-bond donors (Lipinski definition) is 1. The molecule has 5 saturated carbocycles. The van der Waals surface area contributed by atoms with Crippen LogP contribution in [0, 0.1) is 52.8 Å². The van der Waals surface area contributed by atoms with Crippen LogP contribution in [0.4, 0.5) is 0 Å². The van der Waals surface area contributed by atoms with Gasteiger partial charge in [-0.15, -0.1) is 0 Å². The average Bonchev–Trinajstić information content (AvgIpc) is 3.14. The van der Waals surface area contributed by atoms with E-state index in [0.717, 1.165) is 47.3 Å². The lowest BCUT2D eigenvalue weighted by Crippen LogP contribution is -2.51. The summed E-state index contributed by atoms with van der Waals surface area (Å²) in [5, 5.41) is 0.697. The molecule has 28 heavy (non-hydrogen) atoms. The molecule has 0 aromatic rings. The average molecular weight is 403 g/mol. The molecule has 160 valence electrons. The van der Waals surface area contributed by atoms with E-state index in [1.165, 1.54) is 44.9 Å². The summed E-state index contributed by atoms with van der Waals surface area (Å²) in [4.78, 5) is 0. The third-order valence-corrected chi connectivity index (χ3v) is 11.6. The Morgan fingerprint density at radius 3 is 2.39 bits per heavy atom. The quantitative estimate of drug-likeness (QED) is 0.452. The van der Waals surface area contributed by atoms with Crippen molar-refractivity contribution in [3.05, 3.63) is 0 Å². The zero-order chi connectivity index (χ0) is 19.3. The highest BCUT2D eigenvalue weighted by atomic mass is 32.1. The SMILES string of the molecule is CC(CC1CCCCC1)C1CCC2C1CCC1C2CCC2CC(S)CCC21C. The van der Waals surface area contributed by atoms with Gasteiger partial charge in [0, 0.05) is 5.25 Å². The Bertz CT molecular complexity index is 536. The van der Waals surface area contributed by atoms with Crippen LogP contribution in [0.5, 0.6) is 0 Å². The molecule has 1 heteroatoms. The Morgan fingerprint density at radius 2 is 1.57 bits per heavy atom. The van der Waals surface area contributed by atoms with Crippen molar-refractivity contribution in [2.45, 2.75) is 115 Å². The standard InChI is InChI=1S/C27H46S/c1-18(16-19-6-4-3-5-7-19)22-10-11-24-23(22)12-13-26-25(24)9-8-20-17-21(28)14-15-27(20,26)2/h18-26,28H,3-17H2,1-2H3. The van der Waals surface area contributed by atoms with E-state index >= 15 is 0 Å². The van der Waals surface area contributed by atoms with Gasteiger partial charge in [0.2, 0.25) is 0 Å². The van der Waals surface area contributed by atoms with Crippen molar-refractivity contribution < 1.29 is 0 Å². The highest BCUT2D eigenvalue weighted by Crippen LogP contribution is 2.64. The van der Waals surface area contributed by atoms with Crippen molar-refractivity contribution in [1.29, 1.82) is 0 Å². The van der Waals surface area contributed by atoms with Gasteiger partial charge in [0.1, 0.15) is 0 Å². The van der Waals surface area contributed by atoms with Crippen molar-refractivity contribution >= 4 is 12.6 Å². The lowest BCUT2D eigenvalue weighted by atomic mass is 9.47. The Morgan fingerprint density at radius 1 is 0.821 bits per heavy atom. The highest BCUT2D eigenvalue weighted by Gasteiger charge is 2.56. The van der Waals surface area contributed by atoms with Crippen LogP contribution in [-0.2, 0) is 0 Å². The molecule has 9 unspecified atom stereocenters. The van der Waals surface area contributed by atoms with Gasteiger partial charge in [-0.05, 0) is 117 Å². The first kappa shape index (κ1) is 20.3. The minimum atomic E-state index is 0.666. The summed E-state index contributed by atoms with van der Waals surface area (Å²) >= 11 is 4.88. The third kappa shape index (κ3) is 3.52. The minimum Gasteiger partial charge on any atom is -0.176 e. The predicted octanol–water partition coefficient (Wildman–Crippen LogP) is 8.16. The molecule has 5 aliphatic rings. The Balaban J connectivity index is 1.26. The molecule has 0 aromatic heterocycles. The maximum absolute atomic E-state index is 4.88. The Hall–Kier alpha value is 0.350. The van der Waals surface area contributed by atoms with E-state index in [1.54, 1.807) is 51.4 Å². The third-order valence-electron chi connectivity index (χ3n) is 11.2. The summed E-state index contributed by atoms with van der Waals surface area (Å²) in [6, 6.07) is 0. The second-order valence-corrected chi connectivity index (χ2v) is 13.1. The predicted molar refractivity (Wildman–Crippen MR) is 124 cm³/mol. The Labute approximate surface area is 180 Å². The second-order valence-electron chi connectivity index (χ2n) is 12.3. The molecule has 0 aliphatic heterocycles. The van der Waals surface area contributed by atoms with Crippen LogP contribution in [0.1, 0.15) is 110 Å². The van der Waals surface area contributed by atoms with E-state index < -0.39 is 0 Å². The highest BCUT2D eigenvalue weighted by molar-refractivity contribution is 7.80. The summed E-state index contributed by atoms with van der Waals surface area (Å²) in [6.07, 6.45) is 22.9. The Kier molecular flexibility index (Phi) is 5.88. The van der Waals surface area contributed by atoms with Gasteiger partial charge >= 0.3 is 0 Å². The summed E-state index contributed by atoms with van der Waals surface area (Å²) in [7, 11) is 0. The zero-order valence-electron chi connectivity index (χ0n) is 18.7. The van der Waals surface area contributed by atoms with Crippen LogP contribution in [0.15, 0.2) is 0 Å². The van der Waals surface area contributed by atoms with Crippen LogP contribution < -0.4 is 0 Å². The summed E-state index contributed by atoms with van der Waals surface area (Å²) in [6.45, 7) is 5.37. The van der Waals surface area contributed by atoms with Gasteiger partial charge in [-0.25, -0.2) is 0 Å². The van der Waals surface area contributed by atoms with Gasteiger partial charge in [0.15, 0.2) is 0 Å². The maximum Gasteiger partial charge on any atom is 0.00198 e. The number of hydrogen-bond acceptors (Lipinski definition) is 1. The molecule has 0 N–H and O–H groups in total. The molecular weight excluding hydrogens is 356 g/mol. The fourth-order valence-electron chi connectivity index (χ4n) is 9.77. The summed E-state index contributed by atoms with van der Waals surface area (Å²) in [5.74, 6) is 8.48. The van der Waals surface area contributed by atoms with E-state index in [1.807, 2.05) is 0 Å². The monoisotopic (exact) mass is 402 g/mol. The van der Waals surface area contributed by atoms with E-state index in [9.17, 15) is 0 Å². The van der Waals surface area contributed by atoms with Crippen molar-refractivity contribution in [2.75, 3.05) is 0 Å². The molecule has 0 amide bonds. The van der Waals surface area contributed by atoms with Gasteiger partial charge < -0.3 is 0 Å². The smallest absolute Gasteiger partial charge is 0.00198 e. The van der Waals surface area contributed by atoms with Crippen molar-refractivity contribution in [1.82, 2.24) is 0 Å². The van der Waals surface area contributed by atoms with E-state index in [-0.39, 0.29) is 0 Å². The molecule has 5 rings (SSSR count). The molecule has 0 radical (unpaired) electrons. The lowest BCUT2D eigenvalue weighted by Gasteiger charge is -2.59. The van der Waals surface area contributed by atoms with Crippen LogP contribution in [0.2, 0.25) is 0 Å². The fourth-order valence-corrected chi connectivity index (χ4v) is 10.1. The van der Waals surface area contributed by atoms with Crippen LogP contribution in [-0.4, -0.2) is 5.25 Å². The normalized spacial score (nSPS) is 50.5. The van der Waals surface area contributed by atoms with E-state index in [4.69, 9.17) is 12.6 Å². The van der Waals surface area contributed by atoms with E-state index in [0.29, 0.717) is 10.7 Å². The van der Waals surface area contributed by atoms with Crippen molar-refractivity contribution in [2.24, 2.45) is 52.8 Å². The van der Waals surface area contributed by atoms with Crippen molar-refractivity contribution in [3.63, 3.8) is 0 Å². The second kappa shape index (κ2) is 8.12. The first-order valence-electron chi connectivity index (χ1n) is 13.2. The van der Waals surface area contributed by atoms with E-state index in [2.05, 4.69) is 13.8 Å². The van der Waals surface area contributed by atoms with Gasteiger partial charge in [-0.2, -0.15) is 12.6 Å². The molecule has 0 spiro atoms. The van der Waals surface area contributed by atoms with Crippen LogP contribution in [0.25, 0.3) is 0 Å². The van der Waals surface area contributed by atoms with Gasteiger partial charge in [-0.3, -0.25) is 0 Å². The number of rotatable bonds is 3. The molecule has 0 aromatic carbocycles. The molecule has 0 saturated heterocycles. The number of thiol groups is 1. The van der Waals surface area contributed by atoms with Gasteiger partial charge in [0.05, 0.1) is 0 Å². The number of fused-ring (bicyclic) bond motifs is 5. The van der Waals surface area contributed by atoms with Crippen LogP contribution >= 0.6 is 12.6 Å². The van der Waals surface area contributed by atoms with Crippen LogP contribution in [0.3, 0.4) is 0 Å². The fraction of sp³-hybridized carbons (Fsp3) is 1.00. The zero-order valence-corrected chi connectivity index (χ0v) is 19.6. The lowest BCUT2D eigenvalue weighted by molar-refractivity contribution is -0.0876. The maximum atomic E-state index is 4.88. The summed E-state index contributed by atoms with van der Waals surface area (Å²) in [5.41, 5.74) is 0.666. The summed E-state index contributed by atoms with van der Waals surface area (Å²) < 4.78 is 0. The molecule has 5 aliphatic carbocycles. The largest absolute Gasteiger partial charge is 0.176 e. The first-order chi connectivity index (χ1) is 13.6. The molecule has 9 atom stereocenters. The molecule has 5 fully saturated rings. The molecule has 0 bridgehead atoms.